The van der Waals surface area contributed by atoms with E-state index in [0.717, 1.165) is 6.54 Å². The highest BCUT2D eigenvalue weighted by molar-refractivity contribution is 8.00. The largest absolute Gasteiger partial charge is 0.411 e. The Labute approximate surface area is 55.1 Å². The summed E-state index contributed by atoms with van der Waals surface area (Å²) in [7, 11) is 1.88. The second-order valence-electron chi connectivity index (χ2n) is 1.28. The second kappa shape index (κ2) is 3.16. The molecule has 0 amide bonds. The van der Waals surface area contributed by atoms with E-state index < -0.39 is 0 Å². The Balaban J connectivity index is 3.34. The zero-order chi connectivity index (χ0) is 5.86. The molecule has 0 atom stereocenters. The molecule has 0 aliphatic carbocycles. The molecular formula is C4H8NS2-. The van der Waals surface area contributed by atoms with Crippen molar-refractivity contribution in [1.82, 2.24) is 4.90 Å². The van der Waals surface area contributed by atoms with Crippen LogP contribution in [0.3, 0.4) is 0 Å². The molecule has 0 heterocycles. The Morgan fingerprint density at radius 1 is 1.86 bits per heavy atom. The Morgan fingerprint density at radius 2 is 2.29 bits per heavy atom. The number of hydrogen-bond acceptors (Lipinski definition) is 2. The third-order valence-electron chi connectivity index (χ3n) is 0.786. The smallest absolute Gasteiger partial charge is 0.0130 e. The van der Waals surface area contributed by atoms with E-state index in [0.29, 0.717) is 4.32 Å². The van der Waals surface area contributed by atoms with Gasteiger partial charge >= 0.3 is 0 Å². The summed E-state index contributed by atoms with van der Waals surface area (Å²) < 4.78 is 0.544. The molecule has 0 fully saturated rings. The SMILES string of the molecule is CCN(C)C(=S)[S-]. The van der Waals surface area contributed by atoms with E-state index in [1.165, 1.54) is 0 Å². The fraction of sp³-hybridized carbons (Fsp3) is 0.750. The van der Waals surface area contributed by atoms with Gasteiger partial charge < -0.3 is 29.7 Å². The van der Waals surface area contributed by atoms with Crippen molar-refractivity contribution in [3.05, 3.63) is 0 Å². The van der Waals surface area contributed by atoms with Crippen LogP contribution in [0.5, 0.6) is 0 Å². The van der Waals surface area contributed by atoms with Crippen LogP contribution in [0.15, 0.2) is 0 Å². The molecule has 0 N–H and O–H groups in total. The minimum atomic E-state index is 0.544. The molecule has 0 aromatic carbocycles. The average Bonchev–Trinajstić information content (AvgIpc) is 1.65. The fourth-order valence-corrected chi connectivity index (χ4v) is 0.387. The number of hydrogen-bond donors (Lipinski definition) is 0. The first-order valence-electron chi connectivity index (χ1n) is 2.10. The summed E-state index contributed by atoms with van der Waals surface area (Å²) >= 11 is 9.32. The third kappa shape index (κ3) is 2.76. The van der Waals surface area contributed by atoms with Gasteiger partial charge in [-0.25, -0.2) is 0 Å². The monoisotopic (exact) mass is 134 g/mol. The second-order valence-corrected chi connectivity index (χ2v) is 2.31. The molecule has 0 rings (SSSR count). The molecule has 0 aromatic rings. The van der Waals surface area contributed by atoms with Gasteiger partial charge in [0, 0.05) is 13.6 Å². The van der Waals surface area contributed by atoms with Crippen molar-refractivity contribution in [2.45, 2.75) is 6.92 Å². The van der Waals surface area contributed by atoms with Crippen molar-refractivity contribution in [3.63, 3.8) is 0 Å². The van der Waals surface area contributed by atoms with Crippen LogP contribution in [0.4, 0.5) is 0 Å². The Kier molecular flexibility index (Phi) is 3.21. The van der Waals surface area contributed by atoms with E-state index in [4.69, 9.17) is 0 Å². The molecule has 0 aliphatic heterocycles. The lowest BCUT2D eigenvalue weighted by atomic mass is 10.7. The van der Waals surface area contributed by atoms with Gasteiger partial charge in [0.25, 0.3) is 0 Å². The van der Waals surface area contributed by atoms with Crippen LogP contribution in [0.1, 0.15) is 6.92 Å². The van der Waals surface area contributed by atoms with Crippen molar-refractivity contribution in [2.24, 2.45) is 0 Å². The summed E-state index contributed by atoms with van der Waals surface area (Å²) in [6, 6.07) is 0. The van der Waals surface area contributed by atoms with Gasteiger partial charge in [0.2, 0.25) is 0 Å². The van der Waals surface area contributed by atoms with Gasteiger partial charge in [-0.15, -0.1) is 0 Å². The molecule has 0 saturated heterocycles. The lowest BCUT2D eigenvalue weighted by molar-refractivity contribution is 0.555. The normalized spacial score (nSPS) is 8.29. The first-order valence-corrected chi connectivity index (χ1v) is 2.92. The van der Waals surface area contributed by atoms with E-state index in [9.17, 15) is 0 Å². The zero-order valence-electron chi connectivity index (χ0n) is 4.47. The minimum absolute atomic E-state index is 0.544. The van der Waals surface area contributed by atoms with E-state index >= 15 is 0 Å². The highest BCUT2D eigenvalue weighted by Crippen LogP contribution is 1.81. The Bertz CT molecular complexity index is 72.1. The highest BCUT2D eigenvalue weighted by Gasteiger charge is 1.81. The van der Waals surface area contributed by atoms with Gasteiger partial charge in [-0.1, -0.05) is 4.32 Å². The molecule has 0 saturated carbocycles. The van der Waals surface area contributed by atoms with Crippen LogP contribution in [0, 0.1) is 0 Å². The van der Waals surface area contributed by atoms with Crippen LogP contribution in [0.25, 0.3) is 0 Å². The topological polar surface area (TPSA) is 3.24 Å². The van der Waals surface area contributed by atoms with Gasteiger partial charge in [-0.3, -0.25) is 0 Å². The average molecular weight is 134 g/mol. The minimum Gasteiger partial charge on any atom is -0.411 e. The molecule has 0 spiro atoms. The number of thiocarbonyl (C=S) groups is 1. The van der Waals surface area contributed by atoms with Gasteiger partial charge in [0.1, 0.15) is 0 Å². The molecule has 0 aliphatic rings. The van der Waals surface area contributed by atoms with Crippen molar-refractivity contribution < 1.29 is 0 Å². The first kappa shape index (κ1) is 7.11. The van der Waals surface area contributed by atoms with Crippen molar-refractivity contribution >= 4 is 29.2 Å². The summed E-state index contributed by atoms with van der Waals surface area (Å²) in [4.78, 5) is 1.84. The third-order valence-corrected chi connectivity index (χ3v) is 1.41. The predicted octanol–water partition coefficient (Wildman–Crippen LogP) is 0.770. The molecule has 0 bridgehead atoms. The molecule has 7 heavy (non-hydrogen) atoms. The predicted molar refractivity (Wildman–Crippen MR) is 38.3 cm³/mol. The van der Waals surface area contributed by atoms with Crippen molar-refractivity contribution in [2.75, 3.05) is 13.6 Å². The Morgan fingerprint density at radius 3 is 2.29 bits per heavy atom. The molecule has 3 heteroatoms. The maximum atomic E-state index is 4.66. The summed E-state index contributed by atoms with van der Waals surface area (Å²) in [5, 5.41) is 0. The van der Waals surface area contributed by atoms with Crippen molar-refractivity contribution in [3.8, 4) is 0 Å². The maximum Gasteiger partial charge on any atom is 0.0130 e. The molecule has 42 valence electrons. The lowest BCUT2D eigenvalue weighted by Gasteiger charge is -2.19. The maximum absolute atomic E-state index is 4.66. The van der Waals surface area contributed by atoms with Crippen LogP contribution in [-0.4, -0.2) is 22.8 Å². The summed E-state index contributed by atoms with van der Waals surface area (Å²) in [6.07, 6.45) is 0. The van der Waals surface area contributed by atoms with Crippen molar-refractivity contribution in [1.29, 1.82) is 0 Å². The lowest BCUT2D eigenvalue weighted by Crippen LogP contribution is -2.21. The highest BCUT2D eigenvalue weighted by atomic mass is 32.1. The summed E-state index contributed by atoms with van der Waals surface area (Å²) in [6.45, 7) is 2.92. The molecule has 1 nitrogen and oxygen atoms in total. The van der Waals surface area contributed by atoms with E-state index in [-0.39, 0.29) is 0 Å². The summed E-state index contributed by atoms with van der Waals surface area (Å²) in [5.41, 5.74) is 0. The summed E-state index contributed by atoms with van der Waals surface area (Å²) in [5.74, 6) is 0. The molecule has 0 radical (unpaired) electrons. The van der Waals surface area contributed by atoms with Gasteiger partial charge in [0.05, 0.1) is 0 Å². The van der Waals surface area contributed by atoms with Crippen LogP contribution < -0.4 is 0 Å². The van der Waals surface area contributed by atoms with E-state index in [2.05, 4.69) is 24.8 Å². The quantitative estimate of drug-likeness (QED) is 0.385. The Hall–Kier alpha value is 0.110. The van der Waals surface area contributed by atoms with Crippen LogP contribution >= 0.6 is 12.2 Å². The van der Waals surface area contributed by atoms with Crippen LogP contribution in [0.2, 0.25) is 0 Å². The fourth-order valence-electron chi connectivity index (χ4n) is 0.129. The number of nitrogens with zero attached hydrogens (tertiary/aromatic N) is 1. The van der Waals surface area contributed by atoms with E-state index in [1.807, 2.05) is 18.9 Å². The molecular weight excluding hydrogens is 126 g/mol. The standard InChI is InChI=1S/C4H9NS2/c1-3-5(2)4(6)7/h3H2,1-2H3,(H,6,7)/p-1. The zero-order valence-corrected chi connectivity index (χ0v) is 6.10. The van der Waals surface area contributed by atoms with Gasteiger partial charge in [-0.05, 0) is 6.92 Å². The van der Waals surface area contributed by atoms with Gasteiger partial charge in [0.15, 0.2) is 0 Å². The van der Waals surface area contributed by atoms with Gasteiger partial charge in [-0.2, -0.15) is 0 Å². The van der Waals surface area contributed by atoms with E-state index in [1.54, 1.807) is 0 Å². The molecule has 0 unspecified atom stereocenters. The van der Waals surface area contributed by atoms with Crippen LogP contribution in [-0.2, 0) is 12.6 Å². The molecule has 0 aromatic heterocycles. The number of rotatable bonds is 1. The first-order chi connectivity index (χ1) is 3.18.